The zero-order valence-corrected chi connectivity index (χ0v) is 10.3. The largest absolute Gasteiger partial charge is 1.00 e. The molecule has 0 aromatic rings. The van der Waals surface area contributed by atoms with Gasteiger partial charge in [-0.3, -0.25) is 0 Å². The zero-order valence-electron chi connectivity index (χ0n) is 8.29. The Balaban J connectivity index is -0.00000000178. The maximum atomic E-state index is 7.33. The van der Waals surface area contributed by atoms with E-state index in [0.29, 0.717) is 0 Å². The van der Waals surface area contributed by atoms with E-state index < -0.39 is 9.05 Å². The van der Waals surface area contributed by atoms with E-state index in [-0.39, 0.29) is 74.8 Å². The maximum Gasteiger partial charge on any atom is 1.00 e. The molecule has 14 heavy (non-hydrogen) atoms. The summed E-state index contributed by atoms with van der Waals surface area (Å²) in [6, 6.07) is 0. The van der Waals surface area contributed by atoms with Crippen molar-refractivity contribution in [3.05, 3.63) is 0 Å². The van der Waals surface area contributed by atoms with Gasteiger partial charge in [0.15, 0.2) is 0 Å². The van der Waals surface area contributed by atoms with Crippen LogP contribution in [0, 0.1) is 0 Å². The average Bonchev–Trinajstić information content (AvgIpc) is 0.722. The summed E-state index contributed by atoms with van der Waals surface area (Å²) in [7, 11) is -4.61. The van der Waals surface area contributed by atoms with Crippen LogP contribution in [-0.4, -0.2) is 72.0 Å². The normalized spacial score (nSPS) is 4.29. The summed E-state index contributed by atoms with van der Waals surface area (Å²) in [6.45, 7) is 0. The van der Waals surface area contributed by atoms with E-state index in [2.05, 4.69) is 0 Å². The molecule has 0 saturated heterocycles. The molecule has 0 aliphatic rings. The molecule has 0 atom stereocenters. The Bertz CT molecular complexity index is 31.1. The second kappa shape index (κ2) is 49.1. The van der Waals surface area contributed by atoms with E-state index >= 15 is 0 Å². The number of hydrogen-bond donors (Lipinski definition) is 4. The molecular weight excluding hydrogens is 243 g/mol. The van der Waals surface area contributed by atoms with E-state index in [1.807, 2.05) is 0 Å². The van der Waals surface area contributed by atoms with Gasteiger partial charge in [0.25, 0.3) is 0 Å². The van der Waals surface area contributed by atoms with Gasteiger partial charge in [0.2, 0.25) is 0 Å². The fourth-order valence-electron chi connectivity index (χ4n) is 0. The molecule has 0 aromatic carbocycles. The van der Waals surface area contributed by atoms with Gasteiger partial charge in [-0.1, -0.05) is 0 Å². The monoisotopic (exact) mass is 264 g/mol. The fraction of sp³-hybridized carbons (Fsp3) is 0. The topological polar surface area (TPSA) is 333 Å². The molecule has 0 aromatic heterocycles. The van der Waals surface area contributed by atoms with Gasteiger partial charge < -0.3 is 64.4 Å². The third-order valence-electron chi connectivity index (χ3n) is 0. The van der Waals surface area contributed by atoms with E-state index in [0.717, 1.165) is 0 Å². The molecule has 20 N–H and O–H groups in total. The van der Waals surface area contributed by atoms with Crippen LogP contribution in [0.1, 0.15) is 1.43 Å². The predicted octanol–water partition coefficient (Wildman–Crippen LogP) is -12.1. The summed E-state index contributed by atoms with van der Waals surface area (Å²) in [5.74, 6) is 0. The van der Waals surface area contributed by atoms with Gasteiger partial charge in [-0.2, -0.15) is 0 Å². The Morgan fingerprint density at radius 1 is 0.500 bits per heavy atom. The molecule has 0 amide bonds. The number of rotatable bonds is 0. The minimum Gasteiger partial charge on any atom is -1.00 e. The Morgan fingerprint density at radius 2 is 0.500 bits per heavy atom. The van der Waals surface area contributed by atoms with Crippen molar-refractivity contribution < 1.29 is 94.0 Å². The molecule has 0 heterocycles. The maximum absolute atomic E-state index is 7.33. The molecule has 0 spiro atoms. The first-order valence-electron chi connectivity index (χ1n) is 0.894. The summed E-state index contributed by atoms with van der Waals surface area (Å²) in [5.41, 5.74) is 0. The van der Waals surface area contributed by atoms with Crippen molar-refractivity contribution >= 4 is 9.05 Å². The van der Waals surface area contributed by atoms with E-state index in [4.69, 9.17) is 19.2 Å². The van der Waals surface area contributed by atoms with Crippen molar-refractivity contribution in [3.8, 4) is 0 Å². The smallest absolute Gasteiger partial charge is 1.00 e. The van der Waals surface area contributed by atoms with Crippen LogP contribution in [0.2, 0.25) is 0 Å². The van der Waals surface area contributed by atoms with Crippen molar-refractivity contribution in [1.29, 1.82) is 0 Å². The molecule has 0 fully saturated rings. The first-order chi connectivity index (χ1) is 2.00. The van der Waals surface area contributed by atoms with Crippen LogP contribution in [0.4, 0.5) is 0 Å². The molecule has 0 aliphatic heterocycles. The van der Waals surface area contributed by atoms with Crippen LogP contribution in [0.5, 0.6) is 0 Å². The first-order valence-corrected chi connectivity index (χ1v) is 2.68. The molecule has 0 aliphatic carbocycles. The second-order valence-electron chi connectivity index (χ2n) is 0.600. The van der Waals surface area contributed by atoms with E-state index in [9.17, 15) is 0 Å². The van der Waals surface area contributed by atoms with Crippen LogP contribution in [-0.2, 0) is 0 Å². The Hall–Kier alpha value is 0.737. The van der Waals surface area contributed by atoms with Crippen molar-refractivity contribution in [2.75, 3.05) is 0 Å². The fourth-order valence-corrected chi connectivity index (χ4v) is 0. The molecule has 0 unspecified atom stereocenters. The second-order valence-corrected chi connectivity index (χ2v) is 1.80. The quantitative estimate of drug-likeness (QED) is 0.309. The molecule has 0 radical (unpaired) electrons. The number of hydrogen-bond acceptors (Lipinski definition) is 4. The molecule has 14 heteroatoms. The molecule has 12 nitrogen and oxygen atoms in total. The van der Waals surface area contributed by atoms with Gasteiger partial charge in [0.05, 0.1) is 0 Å². The SMILES string of the molecule is O.O.O.O.O.O.O.O.O[Si](O)(O)O.[H-].[Na+]. The summed E-state index contributed by atoms with van der Waals surface area (Å²) in [4.78, 5) is 29.3. The molecular formula is H21NaO12Si. The minimum atomic E-state index is -4.61. The van der Waals surface area contributed by atoms with Crippen molar-refractivity contribution in [2.45, 2.75) is 0 Å². The third kappa shape index (κ3) is 3230. The van der Waals surface area contributed by atoms with E-state index in [1.54, 1.807) is 0 Å². The van der Waals surface area contributed by atoms with Gasteiger partial charge >= 0.3 is 38.6 Å². The molecule has 0 rings (SSSR count). The zero-order chi connectivity index (χ0) is 4.50. The van der Waals surface area contributed by atoms with Gasteiger partial charge in [0.1, 0.15) is 0 Å². The summed E-state index contributed by atoms with van der Waals surface area (Å²) < 4.78 is 0. The van der Waals surface area contributed by atoms with Crippen LogP contribution >= 0.6 is 0 Å². The Kier molecular flexibility index (Phi) is 435. The predicted molar refractivity (Wildman–Crippen MR) is 44.7 cm³/mol. The van der Waals surface area contributed by atoms with Crippen LogP contribution in [0.15, 0.2) is 0 Å². The van der Waals surface area contributed by atoms with E-state index in [1.165, 1.54) is 0 Å². The van der Waals surface area contributed by atoms with Crippen molar-refractivity contribution in [2.24, 2.45) is 0 Å². The first kappa shape index (κ1) is 124. The summed E-state index contributed by atoms with van der Waals surface area (Å²) in [6.07, 6.45) is 0. The van der Waals surface area contributed by atoms with Gasteiger partial charge in [-0.25, -0.2) is 0 Å². The molecule has 0 saturated carbocycles. The third-order valence-corrected chi connectivity index (χ3v) is 0. The van der Waals surface area contributed by atoms with Gasteiger partial charge in [-0.15, -0.1) is 0 Å². The van der Waals surface area contributed by atoms with Crippen LogP contribution < -0.4 is 29.6 Å². The van der Waals surface area contributed by atoms with Crippen LogP contribution in [0.25, 0.3) is 0 Å². The average molecular weight is 264 g/mol. The van der Waals surface area contributed by atoms with Gasteiger partial charge in [-0.05, 0) is 0 Å². The molecule has 98 valence electrons. The summed E-state index contributed by atoms with van der Waals surface area (Å²) >= 11 is 0. The Labute approximate surface area is 103 Å². The minimum absolute atomic E-state index is 0. The van der Waals surface area contributed by atoms with Gasteiger partial charge in [0, 0.05) is 0 Å². The van der Waals surface area contributed by atoms with Crippen molar-refractivity contribution in [1.82, 2.24) is 0 Å². The standard InChI is InChI=1S/Na.H4O4Si.8H2O.H/c;1-5(2,3)4;;;;;;;;;/h;1-4H;8*1H2;/q+1;;;;;;;;;;-1. The molecule has 0 bridgehead atoms. The van der Waals surface area contributed by atoms with Crippen LogP contribution in [0.3, 0.4) is 0 Å². The Morgan fingerprint density at radius 3 is 0.500 bits per heavy atom. The van der Waals surface area contributed by atoms with Crippen molar-refractivity contribution in [3.63, 3.8) is 0 Å². The summed E-state index contributed by atoms with van der Waals surface area (Å²) in [5, 5.41) is 0.